The molecule has 0 fully saturated rings. The van der Waals surface area contributed by atoms with Crippen LogP contribution in [0.3, 0.4) is 0 Å². The Bertz CT molecular complexity index is 612. The molecule has 0 atom stereocenters. The van der Waals surface area contributed by atoms with E-state index in [9.17, 15) is 4.79 Å². The fraction of sp³-hybridized carbons (Fsp3) is 0.417. The van der Waals surface area contributed by atoms with E-state index in [0.717, 1.165) is 36.3 Å². The number of aromatic nitrogens is 3. The maximum Gasteiger partial charge on any atom is 0.294 e. The Morgan fingerprint density at radius 3 is 3.06 bits per heavy atom. The minimum Gasteiger partial charge on any atom is -0.438 e. The van der Waals surface area contributed by atoms with E-state index in [-0.39, 0.29) is 11.7 Å². The fourth-order valence-corrected chi connectivity index (χ4v) is 2.36. The third-order valence-corrected chi connectivity index (χ3v) is 3.25. The summed E-state index contributed by atoms with van der Waals surface area (Å²) in [5.74, 6) is 0.744. The Balaban J connectivity index is 1.90. The molecule has 0 saturated heterocycles. The zero-order valence-electron chi connectivity index (χ0n) is 10.4. The molecule has 1 amide bonds. The van der Waals surface area contributed by atoms with Crippen molar-refractivity contribution in [2.24, 2.45) is 7.05 Å². The van der Waals surface area contributed by atoms with Crippen LogP contribution in [0.5, 0.6) is 0 Å². The topological polar surface area (TPSA) is 73.0 Å². The molecule has 2 aromatic rings. The molecule has 0 spiro atoms. The number of aryl methyl sites for hydroxylation is 3. The molecule has 1 aliphatic rings. The number of carbonyl (C=O) groups is 1. The maximum absolute atomic E-state index is 12.1. The Morgan fingerprint density at radius 1 is 1.50 bits per heavy atom. The predicted molar refractivity (Wildman–Crippen MR) is 64.4 cm³/mol. The number of anilines is 1. The minimum absolute atomic E-state index is 0.253. The van der Waals surface area contributed by atoms with Gasteiger partial charge in [0.05, 0.1) is 11.4 Å². The van der Waals surface area contributed by atoms with Crippen LogP contribution >= 0.6 is 0 Å². The summed E-state index contributed by atoms with van der Waals surface area (Å²) in [7, 11) is 1.83. The molecule has 3 rings (SSSR count). The van der Waals surface area contributed by atoms with E-state index >= 15 is 0 Å². The molecule has 1 aliphatic carbocycles. The average molecular weight is 246 g/mol. The first kappa shape index (κ1) is 11.0. The van der Waals surface area contributed by atoms with Crippen molar-refractivity contribution in [3.8, 4) is 0 Å². The van der Waals surface area contributed by atoms with Crippen molar-refractivity contribution in [3.05, 3.63) is 29.1 Å². The molecule has 18 heavy (non-hydrogen) atoms. The summed E-state index contributed by atoms with van der Waals surface area (Å²) >= 11 is 0. The summed E-state index contributed by atoms with van der Waals surface area (Å²) < 4.78 is 6.80. The second kappa shape index (κ2) is 3.97. The minimum atomic E-state index is -0.275. The Kier molecular flexibility index (Phi) is 2.43. The van der Waals surface area contributed by atoms with Gasteiger partial charge in [0, 0.05) is 12.6 Å². The molecule has 2 heterocycles. The maximum atomic E-state index is 12.1. The molecule has 0 aliphatic heterocycles. The van der Waals surface area contributed by atoms with Gasteiger partial charge in [-0.25, -0.2) is 4.98 Å². The molecule has 0 radical (unpaired) electrons. The lowest BCUT2D eigenvalue weighted by Crippen LogP contribution is -2.16. The Morgan fingerprint density at radius 2 is 2.33 bits per heavy atom. The van der Waals surface area contributed by atoms with Crippen LogP contribution in [0.25, 0.3) is 0 Å². The second-order valence-corrected chi connectivity index (χ2v) is 4.47. The van der Waals surface area contributed by atoms with Crippen LogP contribution in [0.1, 0.15) is 33.9 Å². The van der Waals surface area contributed by atoms with Crippen LogP contribution < -0.4 is 5.32 Å². The van der Waals surface area contributed by atoms with E-state index in [2.05, 4.69) is 15.4 Å². The van der Waals surface area contributed by atoms with Gasteiger partial charge in [0.2, 0.25) is 5.76 Å². The highest BCUT2D eigenvalue weighted by atomic mass is 16.3. The van der Waals surface area contributed by atoms with Gasteiger partial charge in [-0.1, -0.05) is 0 Å². The highest BCUT2D eigenvalue weighted by molar-refractivity contribution is 6.02. The van der Waals surface area contributed by atoms with E-state index in [1.54, 1.807) is 11.6 Å². The number of amides is 1. The van der Waals surface area contributed by atoms with Crippen molar-refractivity contribution in [1.29, 1.82) is 0 Å². The van der Waals surface area contributed by atoms with Crippen molar-refractivity contribution in [1.82, 2.24) is 14.8 Å². The molecule has 94 valence electrons. The normalized spacial score (nSPS) is 13.7. The van der Waals surface area contributed by atoms with Crippen LogP contribution in [0.4, 0.5) is 5.82 Å². The van der Waals surface area contributed by atoms with E-state index < -0.39 is 0 Å². The molecule has 0 saturated carbocycles. The second-order valence-electron chi connectivity index (χ2n) is 4.47. The number of carbonyl (C=O) groups excluding carboxylic acids is 1. The molecule has 6 nitrogen and oxygen atoms in total. The van der Waals surface area contributed by atoms with Crippen molar-refractivity contribution >= 4 is 11.7 Å². The number of nitrogens with one attached hydrogen (secondary N) is 1. The van der Waals surface area contributed by atoms with Crippen LogP contribution in [-0.2, 0) is 19.9 Å². The summed E-state index contributed by atoms with van der Waals surface area (Å²) in [6.45, 7) is 1.74. The summed E-state index contributed by atoms with van der Waals surface area (Å²) in [6, 6.07) is 0. The quantitative estimate of drug-likeness (QED) is 0.870. The summed E-state index contributed by atoms with van der Waals surface area (Å²) in [5, 5.41) is 7.27. The summed E-state index contributed by atoms with van der Waals surface area (Å²) in [6.07, 6.45) is 4.33. The van der Waals surface area contributed by atoms with E-state index in [1.807, 2.05) is 7.05 Å². The standard InChI is InChI=1S/C12H14N4O2/c1-7-10(18-6-13-7)12(17)14-11-8-4-3-5-9(8)15-16(11)2/h6H,3-5H2,1-2H3,(H,14,17). The first-order valence-electron chi connectivity index (χ1n) is 5.93. The van der Waals surface area contributed by atoms with Gasteiger partial charge in [0.25, 0.3) is 5.91 Å². The number of fused-ring (bicyclic) bond motifs is 1. The lowest BCUT2D eigenvalue weighted by Gasteiger charge is -2.06. The van der Waals surface area contributed by atoms with Gasteiger partial charge in [-0.15, -0.1) is 0 Å². The summed E-state index contributed by atoms with van der Waals surface area (Å²) in [5.41, 5.74) is 2.82. The number of hydrogen-bond acceptors (Lipinski definition) is 4. The third-order valence-electron chi connectivity index (χ3n) is 3.25. The largest absolute Gasteiger partial charge is 0.438 e. The van der Waals surface area contributed by atoms with Crippen LogP contribution in [0, 0.1) is 6.92 Å². The lowest BCUT2D eigenvalue weighted by atomic mass is 10.2. The third kappa shape index (κ3) is 1.61. The van der Waals surface area contributed by atoms with E-state index in [0.29, 0.717) is 5.69 Å². The number of hydrogen-bond donors (Lipinski definition) is 1. The predicted octanol–water partition coefficient (Wildman–Crippen LogP) is 1.46. The fourth-order valence-electron chi connectivity index (χ4n) is 2.36. The molecular formula is C12H14N4O2. The van der Waals surface area contributed by atoms with Crippen LogP contribution in [0.15, 0.2) is 10.8 Å². The molecule has 6 heteroatoms. The van der Waals surface area contributed by atoms with Gasteiger partial charge in [0.1, 0.15) is 5.82 Å². The van der Waals surface area contributed by atoms with Crippen LogP contribution in [0.2, 0.25) is 0 Å². The smallest absolute Gasteiger partial charge is 0.294 e. The van der Waals surface area contributed by atoms with Gasteiger partial charge in [0.15, 0.2) is 6.39 Å². The SMILES string of the molecule is Cc1ncoc1C(=O)Nc1c2c(nn1C)CCC2. The first-order valence-corrected chi connectivity index (χ1v) is 5.93. The van der Waals surface area contributed by atoms with Crippen molar-refractivity contribution < 1.29 is 9.21 Å². The van der Waals surface area contributed by atoms with Crippen molar-refractivity contribution in [2.45, 2.75) is 26.2 Å². The number of oxazole rings is 1. The highest BCUT2D eigenvalue weighted by Gasteiger charge is 2.23. The van der Waals surface area contributed by atoms with Gasteiger partial charge >= 0.3 is 0 Å². The first-order chi connectivity index (χ1) is 8.66. The highest BCUT2D eigenvalue weighted by Crippen LogP contribution is 2.28. The molecule has 0 unspecified atom stereocenters. The van der Waals surface area contributed by atoms with Gasteiger partial charge in [-0.05, 0) is 26.2 Å². The Hall–Kier alpha value is -2.11. The van der Waals surface area contributed by atoms with Gasteiger partial charge in [-0.3, -0.25) is 9.48 Å². The van der Waals surface area contributed by atoms with Crippen molar-refractivity contribution in [2.75, 3.05) is 5.32 Å². The van der Waals surface area contributed by atoms with E-state index in [1.165, 1.54) is 6.39 Å². The number of nitrogens with zero attached hydrogens (tertiary/aromatic N) is 3. The molecule has 2 aromatic heterocycles. The Labute approximate surface area is 104 Å². The van der Waals surface area contributed by atoms with E-state index in [4.69, 9.17) is 4.42 Å². The molecule has 0 aromatic carbocycles. The van der Waals surface area contributed by atoms with Crippen molar-refractivity contribution in [3.63, 3.8) is 0 Å². The number of rotatable bonds is 2. The molecule has 0 bridgehead atoms. The zero-order valence-corrected chi connectivity index (χ0v) is 10.4. The molecule has 1 N–H and O–H groups in total. The van der Waals surface area contributed by atoms with Gasteiger partial charge < -0.3 is 9.73 Å². The average Bonchev–Trinajstić information content (AvgIpc) is 2.99. The zero-order chi connectivity index (χ0) is 12.7. The summed E-state index contributed by atoms with van der Waals surface area (Å²) in [4.78, 5) is 16.0. The lowest BCUT2D eigenvalue weighted by molar-refractivity contribution is 0.0995. The van der Waals surface area contributed by atoms with Crippen LogP contribution in [-0.4, -0.2) is 20.7 Å². The monoisotopic (exact) mass is 246 g/mol. The molecular weight excluding hydrogens is 232 g/mol. The van der Waals surface area contributed by atoms with Gasteiger partial charge in [-0.2, -0.15) is 5.10 Å².